The van der Waals surface area contributed by atoms with Crippen molar-refractivity contribution in [2.45, 2.75) is 46.6 Å². The van der Waals surface area contributed by atoms with Gasteiger partial charge in [-0.25, -0.2) is 9.79 Å². The Morgan fingerprint density at radius 3 is 2.62 bits per heavy atom. The molecule has 39 heavy (non-hydrogen) atoms. The number of unbranched alkanes of at least 4 members (excludes halogenated alkanes) is 1. The number of phenols is 1. The van der Waals surface area contributed by atoms with E-state index in [-0.39, 0.29) is 23.8 Å². The highest BCUT2D eigenvalue weighted by Gasteiger charge is 2.33. The molecule has 2 aromatic carbocycles. The molecule has 0 radical (unpaired) electrons. The average Bonchev–Trinajstić information content (AvgIpc) is 3.22. The molecule has 0 saturated carbocycles. The van der Waals surface area contributed by atoms with E-state index in [9.17, 15) is 14.7 Å². The summed E-state index contributed by atoms with van der Waals surface area (Å²) in [6, 6.07) is 11.6. The Bertz CT molecular complexity index is 1550. The highest BCUT2D eigenvalue weighted by Crippen LogP contribution is 2.32. The molecule has 0 aliphatic carbocycles. The number of hydrogen-bond acceptors (Lipinski definition) is 8. The van der Waals surface area contributed by atoms with Gasteiger partial charge in [-0.3, -0.25) is 9.36 Å². The lowest BCUT2D eigenvalue weighted by atomic mass is 9.96. The molecule has 0 bridgehead atoms. The Morgan fingerprint density at radius 2 is 1.95 bits per heavy atom. The maximum atomic E-state index is 13.8. The van der Waals surface area contributed by atoms with Crippen LogP contribution in [0.25, 0.3) is 6.08 Å². The topological polar surface area (TPSA) is 99.4 Å². The molecule has 1 N–H and O–H groups in total. The summed E-state index contributed by atoms with van der Waals surface area (Å²) >= 11 is 1.24. The fraction of sp³-hybridized carbons (Fsp3) is 0.367. The van der Waals surface area contributed by atoms with Crippen molar-refractivity contribution >= 4 is 23.4 Å². The molecule has 8 nitrogen and oxygen atoms in total. The molecule has 2 heterocycles. The molecule has 1 aliphatic rings. The largest absolute Gasteiger partial charge is 0.504 e. The fourth-order valence-electron chi connectivity index (χ4n) is 4.23. The average molecular weight is 551 g/mol. The van der Waals surface area contributed by atoms with Crippen molar-refractivity contribution in [1.82, 2.24) is 4.57 Å². The number of allylic oxidation sites excluding steroid dienone is 1. The SMILES string of the molecule is CCCCOc1ccc(C2C(C(=O)OCC(C)C)=C(C)N=c3s/c(=C\c4ccc(O)c(OC)c4)c(=O)n32)cc1. The van der Waals surface area contributed by atoms with E-state index in [1.54, 1.807) is 29.7 Å². The monoisotopic (exact) mass is 550 g/mol. The first-order chi connectivity index (χ1) is 18.7. The number of methoxy groups -OCH3 is 1. The number of phenolic OH excluding ortho intramolecular Hbond substituents is 1. The summed E-state index contributed by atoms with van der Waals surface area (Å²) in [5.74, 6) is 0.720. The normalized spacial score (nSPS) is 15.2. The smallest absolute Gasteiger partial charge is 0.338 e. The van der Waals surface area contributed by atoms with Crippen LogP contribution in [0.1, 0.15) is 57.7 Å². The van der Waals surface area contributed by atoms with Gasteiger partial charge >= 0.3 is 5.97 Å². The summed E-state index contributed by atoms with van der Waals surface area (Å²) in [5, 5.41) is 9.94. The van der Waals surface area contributed by atoms with E-state index in [0.29, 0.717) is 38.5 Å². The van der Waals surface area contributed by atoms with Gasteiger partial charge < -0.3 is 19.3 Å². The molecule has 1 atom stereocenters. The molecule has 0 fully saturated rings. The van der Waals surface area contributed by atoms with Gasteiger partial charge in [-0.15, -0.1) is 0 Å². The zero-order valence-corrected chi connectivity index (χ0v) is 23.7. The van der Waals surface area contributed by atoms with Gasteiger partial charge in [0.2, 0.25) is 0 Å². The molecular formula is C30H34N2O6S. The van der Waals surface area contributed by atoms with Gasteiger partial charge in [0.25, 0.3) is 5.56 Å². The second kappa shape index (κ2) is 12.3. The third-order valence-corrected chi connectivity index (χ3v) is 7.24. The molecule has 9 heteroatoms. The van der Waals surface area contributed by atoms with Crippen molar-refractivity contribution < 1.29 is 24.1 Å². The Morgan fingerprint density at radius 1 is 1.21 bits per heavy atom. The number of nitrogens with zero attached hydrogens (tertiary/aromatic N) is 2. The molecule has 0 saturated heterocycles. The van der Waals surface area contributed by atoms with Crippen molar-refractivity contribution in [2.75, 3.05) is 20.3 Å². The number of hydrogen-bond donors (Lipinski definition) is 1. The van der Waals surface area contributed by atoms with Crippen LogP contribution in [0.3, 0.4) is 0 Å². The molecule has 206 valence electrons. The number of aromatic hydroxyl groups is 1. The highest BCUT2D eigenvalue weighted by molar-refractivity contribution is 7.07. The van der Waals surface area contributed by atoms with Gasteiger partial charge in [-0.2, -0.15) is 0 Å². The minimum absolute atomic E-state index is 0.0124. The van der Waals surface area contributed by atoms with Crippen LogP contribution in [0.5, 0.6) is 17.2 Å². The Kier molecular flexibility index (Phi) is 8.91. The van der Waals surface area contributed by atoms with Crippen molar-refractivity contribution in [3.8, 4) is 17.2 Å². The van der Waals surface area contributed by atoms with Crippen molar-refractivity contribution in [2.24, 2.45) is 10.9 Å². The van der Waals surface area contributed by atoms with Gasteiger partial charge in [0.1, 0.15) is 5.75 Å². The number of carbonyl (C=O) groups is 1. The molecule has 0 amide bonds. The van der Waals surface area contributed by atoms with Crippen LogP contribution in [0.15, 0.2) is 63.5 Å². The number of aromatic nitrogens is 1. The highest BCUT2D eigenvalue weighted by atomic mass is 32.1. The van der Waals surface area contributed by atoms with Crippen LogP contribution in [-0.2, 0) is 9.53 Å². The Balaban J connectivity index is 1.83. The molecule has 4 rings (SSSR count). The molecule has 0 spiro atoms. The lowest BCUT2D eigenvalue weighted by Crippen LogP contribution is -2.40. The third kappa shape index (κ3) is 6.25. The number of rotatable bonds is 10. The minimum atomic E-state index is -0.706. The second-order valence-electron chi connectivity index (χ2n) is 9.78. The standard InChI is InChI=1S/C30H34N2O6S/c1-6-7-14-37-22-11-9-21(10-12-22)27-26(29(35)38-17-18(2)3)19(4)31-30-32(27)28(34)25(39-30)16-20-8-13-23(33)24(15-20)36-5/h8-13,15-16,18,27,33H,6-7,14,17H2,1-5H3/b25-16-. The van der Waals surface area contributed by atoms with Gasteiger partial charge in [-0.1, -0.05) is 56.7 Å². The summed E-state index contributed by atoms with van der Waals surface area (Å²) in [4.78, 5) is 32.3. The number of esters is 1. The quantitative estimate of drug-likeness (QED) is 0.298. The van der Waals surface area contributed by atoms with E-state index in [0.717, 1.165) is 24.2 Å². The van der Waals surface area contributed by atoms with Gasteiger partial charge in [0.15, 0.2) is 16.3 Å². The first-order valence-corrected chi connectivity index (χ1v) is 13.8. The van der Waals surface area contributed by atoms with Crippen LogP contribution in [0, 0.1) is 5.92 Å². The van der Waals surface area contributed by atoms with E-state index < -0.39 is 12.0 Å². The zero-order valence-electron chi connectivity index (χ0n) is 22.9. The summed E-state index contributed by atoms with van der Waals surface area (Å²) in [6.45, 7) is 8.70. The van der Waals surface area contributed by atoms with Crippen molar-refractivity contribution in [3.05, 3.63) is 84.5 Å². The minimum Gasteiger partial charge on any atom is -0.504 e. The predicted molar refractivity (Wildman–Crippen MR) is 151 cm³/mol. The van der Waals surface area contributed by atoms with Gasteiger partial charge in [0, 0.05) is 0 Å². The fourth-order valence-corrected chi connectivity index (χ4v) is 5.28. The zero-order chi connectivity index (χ0) is 28.1. The van der Waals surface area contributed by atoms with Gasteiger partial charge in [-0.05, 0) is 60.7 Å². The number of benzene rings is 2. The Labute approximate surface area is 231 Å². The molecule has 1 aliphatic heterocycles. The maximum Gasteiger partial charge on any atom is 0.338 e. The molecule has 1 aromatic heterocycles. The molecule has 1 unspecified atom stereocenters. The van der Waals surface area contributed by atoms with E-state index >= 15 is 0 Å². The number of thiazole rings is 1. The molecular weight excluding hydrogens is 516 g/mol. The number of ether oxygens (including phenoxy) is 3. The molecule has 3 aromatic rings. The van der Waals surface area contributed by atoms with Crippen LogP contribution in [0.2, 0.25) is 0 Å². The first kappa shape index (κ1) is 28.2. The van der Waals surface area contributed by atoms with Gasteiger partial charge in [0.05, 0.1) is 42.2 Å². The van der Waals surface area contributed by atoms with E-state index in [1.165, 1.54) is 24.5 Å². The van der Waals surface area contributed by atoms with Crippen molar-refractivity contribution in [3.63, 3.8) is 0 Å². The van der Waals surface area contributed by atoms with Crippen LogP contribution >= 0.6 is 11.3 Å². The summed E-state index contributed by atoms with van der Waals surface area (Å²) < 4.78 is 18.6. The summed E-state index contributed by atoms with van der Waals surface area (Å²) in [7, 11) is 1.47. The van der Waals surface area contributed by atoms with E-state index in [1.807, 2.05) is 38.1 Å². The van der Waals surface area contributed by atoms with E-state index in [2.05, 4.69) is 11.9 Å². The summed E-state index contributed by atoms with van der Waals surface area (Å²) in [5.41, 5.74) is 2.01. The maximum absolute atomic E-state index is 13.8. The van der Waals surface area contributed by atoms with Crippen LogP contribution in [0.4, 0.5) is 0 Å². The van der Waals surface area contributed by atoms with Crippen LogP contribution in [-0.4, -0.2) is 36.0 Å². The first-order valence-electron chi connectivity index (χ1n) is 13.0. The number of carbonyl (C=O) groups excluding carboxylic acids is 1. The predicted octanol–water partition coefficient (Wildman–Crippen LogP) is 4.33. The van der Waals surface area contributed by atoms with Crippen molar-refractivity contribution in [1.29, 1.82) is 0 Å². The van der Waals surface area contributed by atoms with E-state index in [4.69, 9.17) is 14.2 Å². The lowest BCUT2D eigenvalue weighted by Gasteiger charge is -2.25. The second-order valence-corrected chi connectivity index (χ2v) is 10.8. The number of fused-ring (bicyclic) bond motifs is 1. The lowest BCUT2D eigenvalue weighted by molar-refractivity contribution is -0.140. The third-order valence-electron chi connectivity index (χ3n) is 6.25. The summed E-state index contributed by atoms with van der Waals surface area (Å²) in [6.07, 6.45) is 3.72. The van der Waals surface area contributed by atoms with Crippen LogP contribution < -0.4 is 24.4 Å². The Hall–Kier alpha value is -3.85.